The van der Waals surface area contributed by atoms with Gasteiger partial charge in [-0.25, -0.2) is 23.7 Å². The number of nitrogen functional groups attached to an aromatic ring is 1. The van der Waals surface area contributed by atoms with Crippen LogP contribution in [0, 0.1) is 5.82 Å². The number of aromatic nitrogens is 4. The van der Waals surface area contributed by atoms with E-state index in [-0.39, 0.29) is 52.9 Å². The number of anilines is 1. The number of carboxylic acids is 1. The summed E-state index contributed by atoms with van der Waals surface area (Å²) in [6.45, 7) is 0. The minimum atomic E-state index is -1.23. The first-order valence-corrected chi connectivity index (χ1v) is 6.08. The van der Waals surface area contributed by atoms with Crippen molar-refractivity contribution in [3.8, 4) is 17.1 Å². The maximum atomic E-state index is 14.2. The van der Waals surface area contributed by atoms with E-state index < -0.39 is 11.8 Å². The molecule has 0 saturated heterocycles. The van der Waals surface area contributed by atoms with Gasteiger partial charge in [-0.3, -0.25) is 0 Å². The van der Waals surface area contributed by atoms with Gasteiger partial charge in [-0.05, 0) is 6.07 Å². The molecule has 0 spiro atoms. The Hall–Kier alpha value is -2.63. The number of carboxylic acid groups (broad SMARTS) is 1. The number of fused-ring (bicyclic) bond motifs is 1. The van der Waals surface area contributed by atoms with Crippen LogP contribution in [-0.2, 0) is 0 Å². The van der Waals surface area contributed by atoms with Crippen LogP contribution in [0.5, 0.6) is 5.88 Å². The normalized spacial score (nSPS) is 10.3. The summed E-state index contributed by atoms with van der Waals surface area (Å²) >= 11 is 0. The van der Waals surface area contributed by atoms with Crippen LogP contribution in [0.2, 0.25) is 0 Å². The first-order valence-electron chi connectivity index (χ1n) is 6.08. The van der Waals surface area contributed by atoms with E-state index in [0.29, 0.717) is 0 Å². The Morgan fingerprint density at radius 3 is 2.78 bits per heavy atom. The Kier molecular flexibility index (Phi) is 4.54. The molecule has 0 amide bonds. The number of hydrogen-bond donors (Lipinski definition) is 2. The molecule has 8 nitrogen and oxygen atoms in total. The van der Waals surface area contributed by atoms with Crippen LogP contribution in [0.25, 0.3) is 16.8 Å². The molecule has 0 fully saturated rings. The molecule has 0 aliphatic carbocycles. The average Bonchev–Trinajstić information content (AvgIpc) is 2.84. The fraction of sp³-hybridized carbons (Fsp3) is 0.0769. The Labute approximate surface area is 141 Å². The van der Waals surface area contributed by atoms with E-state index in [1.807, 2.05) is 0 Å². The number of nitrogens with two attached hydrogens (primary N) is 1. The second-order valence-electron chi connectivity index (χ2n) is 4.37. The predicted molar refractivity (Wildman–Crippen MR) is 81.2 cm³/mol. The van der Waals surface area contributed by atoms with Crippen LogP contribution in [-0.4, -0.2) is 56.6 Å². The second kappa shape index (κ2) is 6.24. The van der Waals surface area contributed by atoms with E-state index >= 15 is 0 Å². The zero-order valence-electron chi connectivity index (χ0n) is 11.3. The molecular formula is C13H11FLiN5O3. The third-order valence-electron chi connectivity index (χ3n) is 3.10. The molecule has 114 valence electrons. The van der Waals surface area contributed by atoms with E-state index in [2.05, 4.69) is 15.1 Å². The maximum absolute atomic E-state index is 14.2. The molecule has 0 aliphatic heterocycles. The molecule has 0 unspecified atom stereocenters. The molecule has 10 heteroatoms. The summed E-state index contributed by atoms with van der Waals surface area (Å²) in [5.74, 6) is -1.80. The minimum absolute atomic E-state index is 0. The number of nitrogens with zero attached hydrogens (tertiary/aromatic N) is 4. The van der Waals surface area contributed by atoms with Crippen LogP contribution in [0.4, 0.5) is 10.2 Å². The zero-order chi connectivity index (χ0) is 15.9. The van der Waals surface area contributed by atoms with E-state index in [0.717, 1.165) is 0 Å². The molecule has 3 aromatic rings. The number of pyridine rings is 1. The van der Waals surface area contributed by atoms with Crippen molar-refractivity contribution in [3.63, 3.8) is 0 Å². The second-order valence-corrected chi connectivity index (χ2v) is 4.37. The van der Waals surface area contributed by atoms with Crippen LogP contribution >= 0.6 is 0 Å². The molecule has 0 aliphatic rings. The topological polar surface area (TPSA) is 116 Å². The van der Waals surface area contributed by atoms with Gasteiger partial charge in [-0.2, -0.15) is 5.10 Å². The quantitative estimate of drug-likeness (QED) is 0.679. The number of aromatic carboxylic acids is 1. The van der Waals surface area contributed by atoms with Gasteiger partial charge in [0.2, 0.25) is 5.88 Å². The number of ether oxygens (including phenoxy) is 1. The molecule has 3 N–H and O–H groups in total. The molecule has 3 heterocycles. The van der Waals surface area contributed by atoms with Gasteiger partial charge in [0.25, 0.3) is 0 Å². The van der Waals surface area contributed by atoms with Crippen molar-refractivity contribution in [2.24, 2.45) is 0 Å². The van der Waals surface area contributed by atoms with Crippen molar-refractivity contribution in [2.45, 2.75) is 0 Å². The number of carbonyl (C=O) groups is 1. The SMILES string of the molecule is COc1ncc(-c2c(F)cc3c(N)ncnn23)cc1C(=O)O.[LiH]. The predicted octanol–water partition coefficient (Wildman–Crippen LogP) is 0.571. The molecule has 3 rings (SSSR count). The molecular weight excluding hydrogens is 300 g/mol. The van der Waals surface area contributed by atoms with Gasteiger partial charge in [0, 0.05) is 17.8 Å². The standard InChI is InChI=1S/C13H10FN5O3.Li.H/c1-22-12-7(13(20)21)2-6(4-16-12)10-8(14)3-9-11(15)17-5-18-19(9)10;;/h2-5H,1H3,(H,20,21)(H2,15,17,18);;. The summed E-state index contributed by atoms with van der Waals surface area (Å²) in [4.78, 5) is 18.9. The molecule has 0 atom stereocenters. The number of rotatable bonds is 3. The van der Waals surface area contributed by atoms with Gasteiger partial charge >= 0.3 is 24.8 Å². The Bertz CT molecular complexity index is 899. The summed E-state index contributed by atoms with van der Waals surface area (Å²) in [5, 5.41) is 13.1. The molecule has 3 aromatic heterocycles. The van der Waals surface area contributed by atoms with Crippen LogP contribution in [0.15, 0.2) is 24.7 Å². The van der Waals surface area contributed by atoms with Gasteiger partial charge in [-0.1, -0.05) is 0 Å². The fourth-order valence-electron chi connectivity index (χ4n) is 2.14. The number of hydrogen-bond acceptors (Lipinski definition) is 6. The van der Waals surface area contributed by atoms with Crippen LogP contribution in [0.1, 0.15) is 10.4 Å². The summed E-state index contributed by atoms with van der Waals surface area (Å²) in [6, 6.07) is 2.44. The molecule has 0 aromatic carbocycles. The number of halogens is 1. The fourth-order valence-corrected chi connectivity index (χ4v) is 2.14. The summed E-state index contributed by atoms with van der Waals surface area (Å²) in [7, 11) is 1.30. The van der Waals surface area contributed by atoms with Crippen LogP contribution in [0.3, 0.4) is 0 Å². The van der Waals surface area contributed by atoms with Crippen molar-refractivity contribution in [1.29, 1.82) is 0 Å². The van der Waals surface area contributed by atoms with Gasteiger partial charge in [0.1, 0.15) is 23.1 Å². The number of methoxy groups -OCH3 is 1. The molecule has 23 heavy (non-hydrogen) atoms. The van der Waals surface area contributed by atoms with E-state index in [4.69, 9.17) is 10.5 Å². The summed E-state index contributed by atoms with van der Waals surface area (Å²) in [6.07, 6.45) is 2.48. The Balaban J connectivity index is 0.00000192. The van der Waals surface area contributed by atoms with Crippen molar-refractivity contribution in [1.82, 2.24) is 19.6 Å². The van der Waals surface area contributed by atoms with Gasteiger partial charge in [-0.15, -0.1) is 0 Å². The van der Waals surface area contributed by atoms with E-state index in [9.17, 15) is 14.3 Å². The van der Waals surface area contributed by atoms with Crippen molar-refractivity contribution < 1.29 is 19.0 Å². The van der Waals surface area contributed by atoms with Gasteiger partial charge < -0.3 is 15.6 Å². The van der Waals surface area contributed by atoms with E-state index in [1.54, 1.807) is 0 Å². The first kappa shape index (κ1) is 16.7. The van der Waals surface area contributed by atoms with Gasteiger partial charge in [0.05, 0.1) is 7.11 Å². The first-order chi connectivity index (χ1) is 10.5. The monoisotopic (exact) mass is 311 g/mol. The zero-order valence-corrected chi connectivity index (χ0v) is 11.3. The third kappa shape index (κ3) is 2.72. The Morgan fingerprint density at radius 2 is 2.13 bits per heavy atom. The summed E-state index contributed by atoms with van der Waals surface area (Å²) in [5.41, 5.74) is 6.04. The summed E-state index contributed by atoms with van der Waals surface area (Å²) < 4.78 is 20.4. The van der Waals surface area contributed by atoms with Crippen LogP contribution < -0.4 is 10.5 Å². The average molecular weight is 311 g/mol. The van der Waals surface area contributed by atoms with Crippen molar-refractivity contribution >= 4 is 36.2 Å². The third-order valence-corrected chi connectivity index (χ3v) is 3.10. The molecule has 0 radical (unpaired) electrons. The molecule has 0 bridgehead atoms. The Morgan fingerprint density at radius 1 is 1.39 bits per heavy atom. The van der Waals surface area contributed by atoms with E-state index in [1.165, 1.54) is 36.3 Å². The van der Waals surface area contributed by atoms with Gasteiger partial charge in [0.15, 0.2) is 11.6 Å². The van der Waals surface area contributed by atoms with Crippen molar-refractivity contribution in [3.05, 3.63) is 36.0 Å². The molecule has 0 saturated carbocycles. The van der Waals surface area contributed by atoms with Crippen molar-refractivity contribution in [2.75, 3.05) is 12.8 Å².